The lowest BCUT2D eigenvalue weighted by Gasteiger charge is -2.42. The number of nitrogens with zero attached hydrogens (tertiary/aromatic N) is 4. The van der Waals surface area contributed by atoms with E-state index in [9.17, 15) is 19.0 Å². The van der Waals surface area contributed by atoms with Gasteiger partial charge in [0.15, 0.2) is 0 Å². The van der Waals surface area contributed by atoms with E-state index >= 15 is 0 Å². The third kappa shape index (κ3) is 7.59. The lowest BCUT2D eigenvalue weighted by atomic mass is 9.87. The normalized spacial score (nSPS) is 18.0. The fourth-order valence-electron chi connectivity index (χ4n) is 5.58. The monoisotopic (exact) mass is 637 g/mol. The third-order valence-electron chi connectivity index (χ3n) is 7.77. The van der Waals surface area contributed by atoms with Crippen molar-refractivity contribution in [1.29, 1.82) is 0 Å². The molecule has 0 fully saturated rings. The van der Waals surface area contributed by atoms with Gasteiger partial charge in [0, 0.05) is 25.6 Å². The van der Waals surface area contributed by atoms with E-state index in [1.165, 1.54) is 0 Å². The number of amides is 1. The molecule has 4 N–H and O–H groups in total. The average Bonchev–Trinajstić information content (AvgIpc) is 3.34. The number of alkyl carbamates (subject to hydrolysis) is 1. The van der Waals surface area contributed by atoms with Crippen LogP contribution in [0.2, 0.25) is 0 Å². The Bertz CT molecular complexity index is 1650. The highest BCUT2D eigenvalue weighted by atomic mass is 32.3. The maximum Gasteiger partial charge on any atom is 0.407 e. The van der Waals surface area contributed by atoms with Gasteiger partial charge in [0.25, 0.3) is 0 Å². The number of aliphatic hydroxyl groups is 1. The van der Waals surface area contributed by atoms with E-state index in [2.05, 4.69) is 27.8 Å². The van der Waals surface area contributed by atoms with Gasteiger partial charge in [-0.1, -0.05) is 41.6 Å². The van der Waals surface area contributed by atoms with Gasteiger partial charge >= 0.3 is 6.09 Å². The fraction of sp³-hybridized carbons (Fsp3) is 0.424. The van der Waals surface area contributed by atoms with Gasteiger partial charge < -0.3 is 19.9 Å². The summed E-state index contributed by atoms with van der Waals surface area (Å²) in [6.45, 7) is 10.8. The number of aryl methyl sites for hydroxylation is 1. The molecular formula is C33H43N5O6S. The first-order valence-corrected chi connectivity index (χ1v) is 16.7. The van der Waals surface area contributed by atoms with Gasteiger partial charge in [0.2, 0.25) is 0 Å². The highest BCUT2D eigenvalue weighted by Crippen LogP contribution is 2.57. The molecule has 1 aliphatic heterocycles. The first-order valence-electron chi connectivity index (χ1n) is 15.1. The Balaban J connectivity index is 1.37. The predicted molar refractivity (Wildman–Crippen MR) is 175 cm³/mol. The van der Waals surface area contributed by atoms with Gasteiger partial charge in [-0.3, -0.25) is 9.11 Å². The molecule has 5 rings (SSSR count). The Hall–Kier alpha value is -3.68. The molecule has 0 saturated carbocycles. The molecule has 3 aromatic carbocycles. The van der Waals surface area contributed by atoms with Crippen molar-refractivity contribution in [3.8, 4) is 5.75 Å². The minimum Gasteiger partial charge on any atom is -0.487 e. The molecule has 2 unspecified atom stereocenters. The Labute approximate surface area is 265 Å². The molecule has 0 spiro atoms. The predicted octanol–water partition coefficient (Wildman–Crippen LogP) is 6.09. The van der Waals surface area contributed by atoms with Crippen molar-refractivity contribution < 1.29 is 28.5 Å². The number of nitrogens with one attached hydrogen (secondary N) is 1. The molecular weight excluding hydrogens is 594 g/mol. The summed E-state index contributed by atoms with van der Waals surface area (Å²) in [5, 5.41) is 21.4. The van der Waals surface area contributed by atoms with Crippen LogP contribution in [0.1, 0.15) is 62.3 Å². The van der Waals surface area contributed by atoms with E-state index in [0.717, 1.165) is 27.8 Å². The summed E-state index contributed by atoms with van der Waals surface area (Å²) in [6.07, 6.45) is -0.218. The van der Waals surface area contributed by atoms with Crippen LogP contribution in [0.25, 0.3) is 11.0 Å². The molecule has 45 heavy (non-hydrogen) atoms. The second-order valence-electron chi connectivity index (χ2n) is 12.5. The number of carbonyl (C=O) groups is 1. The second-order valence-corrected chi connectivity index (χ2v) is 14.5. The van der Waals surface area contributed by atoms with Crippen LogP contribution in [0.15, 0.2) is 65.6 Å². The average molecular weight is 638 g/mol. The van der Waals surface area contributed by atoms with Crippen LogP contribution in [-0.2, 0) is 17.8 Å². The molecule has 1 aliphatic rings. The summed E-state index contributed by atoms with van der Waals surface area (Å²) in [4.78, 5) is 12.4. The maximum absolute atomic E-state index is 12.0. The molecule has 1 amide bonds. The number of carbonyl (C=O) groups excluding carboxylic acids is 1. The van der Waals surface area contributed by atoms with Crippen molar-refractivity contribution in [2.45, 2.75) is 76.6 Å². The zero-order chi connectivity index (χ0) is 32.4. The Kier molecular flexibility index (Phi) is 9.71. The number of aliphatic hydroxyl groups excluding tert-OH is 1. The third-order valence-corrected chi connectivity index (χ3v) is 9.69. The van der Waals surface area contributed by atoms with Gasteiger partial charge in [-0.2, -0.15) is 4.31 Å². The summed E-state index contributed by atoms with van der Waals surface area (Å²) in [7, 11) is -3.28. The smallest absolute Gasteiger partial charge is 0.407 e. The Morgan fingerprint density at radius 3 is 2.62 bits per heavy atom. The highest BCUT2D eigenvalue weighted by molar-refractivity contribution is 8.22. The van der Waals surface area contributed by atoms with Crippen molar-refractivity contribution in [2.24, 2.45) is 0 Å². The zero-order valence-electron chi connectivity index (χ0n) is 26.4. The van der Waals surface area contributed by atoms with E-state index in [1.54, 1.807) is 27.2 Å². The topological polar surface area (TPSA) is 142 Å². The molecule has 0 radical (unpaired) electrons. The number of benzene rings is 3. The van der Waals surface area contributed by atoms with E-state index in [1.807, 2.05) is 65.0 Å². The molecule has 1 aromatic heterocycles. The van der Waals surface area contributed by atoms with E-state index in [4.69, 9.17) is 9.47 Å². The highest BCUT2D eigenvalue weighted by Gasteiger charge is 2.34. The minimum atomic E-state index is -3.28. The van der Waals surface area contributed by atoms with Gasteiger partial charge in [-0.05, 0) is 87.6 Å². The van der Waals surface area contributed by atoms with E-state index in [0.29, 0.717) is 48.8 Å². The number of hydrogen-bond acceptors (Lipinski definition) is 9. The summed E-state index contributed by atoms with van der Waals surface area (Å²) >= 11 is 0. The standard InChI is InChI=1S/C33H43N5O6S/c1-22-10-11-24(18-26(22)21-37-20-23(2)43-30-8-6-7-9-31(30)45(37,41)42)27(14-17-39)25-12-13-29-28(19-25)35-36-38(29)16-15-34-32(40)44-33(3,4)5/h6-13,18-19,23,27,39,41-42H,14-17,20-21H2,1-5H3,(H,34,40). The molecule has 0 bridgehead atoms. The van der Waals surface area contributed by atoms with Gasteiger partial charge in [-0.25, -0.2) is 9.48 Å². The molecule has 242 valence electrons. The number of fused-ring (bicyclic) bond motifs is 2. The van der Waals surface area contributed by atoms with E-state index < -0.39 is 22.5 Å². The second kappa shape index (κ2) is 13.4. The molecule has 4 aromatic rings. The van der Waals surface area contributed by atoms with Crippen LogP contribution in [0, 0.1) is 6.92 Å². The van der Waals surface area contributed by atoms with Crippen LogP contribution in [0.5, 0.6) is 5.75 Å². The van der Waals surface area contributed by atoms with Crippen LogP contribution in [0.4, 0.5) is 4.79 Å². The summed E-state index contributed by atoms with van der Waals surface area (Å²) < 4.78 is 37.6. The first kappa shape index (κ1) is 32.7. The summed E-state index contributed by atoms with van der Waals surface area (Å²) in [5.41, 5.74) is 4.97. The Morgan fingerprint density at radius 1 is 1.13 bits per heavy atom. The molecule has 2 heterocycles. The lowest BCUT2D eigenvalue weighted by molar-refractivity contribution is 0.0525. The molecule has 12 heteroatoms. The van der Waals surface area contributed by atoms with Gasteiger partial charge in [-0.15, -0.1) is 15.9 Å². The number of hydrogen-bond donors (Lipinski definition) is 4. The molecule has 2 atom stereocenters. The summed E-state index contributed by atoms with van der Waals surface area (Å²) in [5.74, 6) is 0.373. The number of para-hydroxylation sites is 1. The van der Waals surface area contributed by atoms with Crippen LogP contribution in [0.3, 0.4) is 0 Å². The van der Waals surface area contributed by atoms with Gasteiger partial charge in [0.1, 0.15) is 27.9 Å². The van der Waals surface area contributed by atoms with Crippen molar-refractivity contribution >= 4 is 27.9 Å². The number of aromatic nitrogens is 3. The van der Waals surface area contributed by atoms with Crippen molar-refractivity contribution in [1.82, 2.24) is 24.6 Å². The molecule has 0 aliphatic carbocycles. The lowest BCUT2D eigenvalue weighted by Crippen LogP contribution is -2.34. The number of ether oxygens (including phenoxy) is 2. The van der Waals surface area contributed by atoms with Crippen LogP contribution < -0.4 is 10.1 Å². The minimum absolute atomic E-state index is 0.00671. The van der Waals surface area contributed by atoms with Crippen molar-refractivity contribution in [3.05, 3.63) is 82.9 Å². The fourth-order valence-corrected chi connectivity index (χ4v) is 7.25. The molecule has 0 saturated heterocycles. The summed E-state index contributed by atoms with van der Waals surface area (Å²) in [6, 6.07) is 19.2. The van der Waals surface area contributed by atoms with Crippen molar-refractivity contribution in [2.75, 3.05) is 19.7 Å². The first-order chi connectivity index (χ1) is 21.4. The zero-order valence-corrected chi connectivity index (χ0v) is 27.3. The number of rotatable bonds is 9. The van der Waals surface area contributed by atoms with Crippen LogP contribution >= 0.6 is 10.8 Å². The SMILES string of the molecule is Cc1ccc(C(CCO)c2ccc3c(c2)nnn3CCNC(=O)OC(C)(C)C)cc1CN1CC(C)Oc2ccccc2S1(O)O. The van der Waals surface area contributed by atoms with Crippen LogP contribution in [-0.4, -0.2) is 71.0 Å². The largest absolute Gasteiger partial charge is 0.487 e. The molecule has 11 nitrogen and oxygen atoms in total. The Morgan fingerprint density at radius 2 is 1.87 bits per heavy atom. The maximum atomic E-state index is 12.0. The quantitative estimate of drug-likeness (QED) is 0.172. The van der Waals surface area contributed by atoms with Crippen molar-refractivity contribution in [3.63, 3.8) is 0 Å². The van der Waals surface area contributed by atoms with Gasteiger partial charge in [0.05, 0.1) is 18.6 Å². The van der Waals surface area contributed by atoms with E-state index in [-0.39, 0.29) is 18.6 Å².